The summed E-state index contributed by atoms with van der Waals surface area (Å²) < 4.78 is 0. The molecule has 1 saturated heterocycles. The van der Waals surface area contributed by atoms with Crippen molar-refractivity contribution in [3.05, 3.63) is 30.3 Å². The van der Waals surface area contributed by atoms with E-state index < -0.39 is 0 Å². The zero-order chi connectivity index (χ0) is 16.7. The Morgan fingerprint density at radius 3 is 2.48 bits per heavy atom. The molecule has 0 radical (unpaired) electrons. The third-order valence-corrected chi connectivity index (χ3v) is 3.93. The van der Waals surface area contributed by atoms with Gasteiger partial charge in [0.1, 0.15) is 6.54 Å². The maximum Gasteiger partial charge on any atom is 0.246 e. The van der Waals surface area contributed by atoms with Crippen molar-refractivity contribution in [2.75, 3.05) is 31.5 Å². The van der Waals surface area contributed by atoms with Gasteiger partial charge in [-0.15, -0.1) is 0 Å². The number of amides is 1. The van der Waals surface area contributed by atoms with Gasteiger partial charge in [-0.25, -0.2) is 4.99 Å². The summed E-state index contributed by atoms with van der Waals surface area (Å²) in [5, 5.41) is 6.18. The quantitative estimate of drug-likeness (QED) is 0.663. The molecule has 1 amide bonds. The number of nitrogens with zero attached hydrogens (tertiary/aromatic N) is 2. The molecule has 0 spiro atoms. The van der Waals surface area contributed by atoms with Gasteiger partial charge in [-0.2, -0.15) is 0 Å². The number of guanidine groups is 1. The number of carbonyl (C=O) groups is 1. The van der Waals surface area contributed by atoms with Crippen molar-refractivity contribution in [3.8, 4) is 0 Å². The molecule has 0 aliphatic carbocycles. The van der Waals surface area contributed by atoms with E-state index in [2.05, 4.69) is 41.3 Å². The molecule has 2 atom stereocenters. The number of anilines is 1. The molecule has 5 heteroatoms. The number of hydrogen-bond donors (Lipinski definition) is 2. The Morgan fingerprint density at radius 2 is 1.87 bits per heavy atom. The Balaban J connectivity index is 1.96. The van der Waals surface area contributed by atoms with Crippen molar-refractivity contribution < 1.29 is 4.79 Å². The zero-order valence-electron chi connectivity index (χ0n) is 14.4. The first-order valence-corrected chi connectivity index (χ1v) is 8.46. The van der Waals surface area contributed by atoms with Crippen LogP contribution in [0.3, 0.4) is 0 Å². The molecule has 23 heavy (non-hydrogen) atoms. The number of piperidine rings is 1. The van der Waals surface area contributed by atoms with E-state index in [0.29, 0.717) is 11.8 Å². The Morgan fingerprint density at radius 1 is 1.22 bits per heavy atom. The molecule has 1 aromatic rings. The van der Waals surface area contributed by atoms with Crippen LogP contribution in [0, 0.1) is 11.8 Å². The van der Waals surface area contributed by atoms with Crippen LogP contribution in [0.15, 0.2) is 35.3 Å². The van der Waals surface area contributed by atoms with Gasteiger partial charge in [0.15, 0.2) is 5.96 Å². The number of carbonyl (C=O) groups excluding carboxylic acids is 1. The van der Waals surface area contributed by atoms with Gasteiger partial charge in [-0.1, -0.05) is 32.0 Å². The lowest BCUT2D eigenvalue weighted by Crippen LogP contribution is -2.48. The molecule has 1 heterocycles. The van der Waals surface area contributed by atoms with E-state index in [1.54, 1.807) is 0 Å². The highest BCUT2D eigenvalue weighted by Gasteiger charge is 2.24. The maximum absolute atomic E-state index is 12.1. The fourth-order valence-corrected chi connectivity index (χ4v) is 3.13. The summed E-state index contributed by atoms with van der Waals surface area (Å²) in [6.07, 6.45) is 1.25. The van der Waals surface area contributed by atoms with E-state index in [-0.39, 0.29) is 12.5 Å². The molecule has 2 rings (SSSR count). The third-order valence-electron chi connectivity index (χ3n) is 3.93. The molecule has 0 saturated carbocycles. The van der Waals surface area contributed by atoms with E-state index in [9.17, 15) is 4.79 Å². The minimum absolute atomic E-state index is 0.0929. The summed E-state index contributed by atoms with van der Waals surface area (Å²) in [6, 6.07) is 9.48. The van der Waals surface area contributed by atoms with Gasteiger partial charge in [0.2, 0.25) is 5.91 Å². The van der Waals surface area contributed by atoms with E-state index in [4.69, 9.17) is 0 Å². The van der Waals surface area contributed by atoms with E-state index in [1.165, 1.54) is 6.42 Å². The van der Waals surface area contributed by atoms with Crippen LogP contribution in [0.4, 0.5) is 5.69 Å². The number of para-hydroxylation sites is 1. The van der Waals surface area contributed by atoms with Crippen LogP contribution in [0.5, 0.6) is 0 Å². The predicted octanol–water partition coefficient (Wildman–Crippen LogP) is 2.57. The Kier molecular flexibility index (Phi) is 6.44. The maximum atomic E-state index is 12.1. The molecular formula is C18H28N4O. The Hall–Kier alpha value is -2.04. The number of aliphatic imine (C=N–C) groups is 1. The largest absolute Gasteiger partial charge is 0.357 e. The summed E-state index contributed by atoms with van der Waals surface area (Å²) in [6.45, 7) is 9.53. The third kappa shape index (κ3) is 5.58. The summed E-state index contributed by atoms with van der Waals surface area (Å²) in [4.78, 5) is 18.9. The second-order valence-electron chi connectivity index (χ2n) is 6.44. The van der Waals surface area contributed by atoms with Crippen molar-refractivity contribution >= 4 is 17.6 Å². The standard InChI is InChI=1S/C18H28N4O/c1-4-19-18(22-12-14(2)10-15(3)13-22)20-11-17(23)21-16-8-6-5-7-9-16/h5-9,14-15H,4,10-13H2,1-3H3,(H,19,20)(H,21,23). The summed E-state index contributed by atoms with van der Waals surface area (Å²) in [5.41, 5.74) is 0.804. The minimum Gasteiger partial charge on any atom is -0.357 e. The van der Waals surface area contributed by atoms with Crippen molar-refractivity contribution in [3.63, 3.8) is 0 Å². The normalized spacial score (nSPS) is 21.9. The average molecular weight is 316 g/mol. The smallest absolute Gasteiger partial charge is 0.246 e. The zero-order valence-corrected chi connectivity index (χ0v) is 14.4. The molecule has 1 fully saturated rings. The first-order chi connectivity index (χ1) is 11.1. The summed E-state index contributed by atoms with van der Waals surface area (Å²) >= 11 is 0. The van der Waals surface area contributed by atoms with Gasteiger partial charge < -0.3 is 15.5 Å². The highest BCUT2D eigenvalue weighted by atomic mass is 16.1. The van der Waals surface area contributed by atoms with Crippen molar-refractivity contribution in [2.45, 2.75) is 27.2 Å². The molecule has 126 valence electrons. The predicted molar refractivity (Wildman–Crippen MR) is 95.6 cm³/mol. The Labute approximate surface area is 139 Å². The van der Waals surface area contributed by atoms with Crippen molar-refractivity contribution in [1.29, 1.82) is 0 Å². The van der Waals surface area contributed by atoms with Crippen LogP contribution in [-0.4, -0.2) is 42.9 Å². The van der Waals surface area contributed by atoms with E-state index in [0.717, 1.165) is 31.3 Å². The molecule has 2 N–H and O–H groups in total. The van der Waals surface area contributed by atoms with Crippen LogP contribution in [0.2, 0.25) is 0 Å². The van der Waals surface area contributed by atoms with Gasteiger partial charge in [-0.05, 0) is 37.3 Å². The van der Waals surface area contributed by atoms with Crippen LogP contribution in [0.1, 0.15) is 27.2 Å². The van der Waals surface area contributed by atoms with Crippen molar-refractivity contribution in [2.24, 2.45) is 16.8 Å². The van der Waals surface area contributed by atoms with E-state index >= 15 is 0 Å². The molecule has 1 aromatic carbocycles. The number of likely N-dealkylation sites (tertiary alicyclic amines) is 1. The summed E-state index contributed by atoms with van der Waals surface area (Å²) in [7, 11) is 0. The lowest BCUT2D eigenvalue weighted by atomic mass is 9.92. The van der Waals surface area contributed by atoms with Gasteiger partial charge in [0, 0.05) is 25.3 Å². The van der Waals surface area contributed by atoms with Crippen LogP contribution < -0.4 is 10.6 Å². The fraction of sp³-hybridized carbons (Fsp3) is 0.556. The van der Waals surface area contributed by atoms with Crippen molar-refractivity contribution in [1.82, 2.24) is 10.2 Å². The number of rotatable bonds is 4. The molecule has 2 unspecified atom stereocenters. The van der Waals surface area contributed by atoms with Gasteiger partial charge in [0.05, 0.1) is 0 Å². The molecule has 1 aliphatic rings. The molecule has 1 aliphatic heterocycles. The lowest BCUT2D eigenvalue weighted by Gasteiger charge is -2.37. The van der Waals surface area contributed by atoms with Gasteiger partial charge >= 0.3 is 0 Å². The Bertz CT molecular complexity index is 519. The second-order valence-corrected chi connectivity index (χ2v) is 6.44. The van der Waals surface area contributed by atoms with E-state index in [1.807, 2.05) is 30.3 Å². The van der Waals surface area contributed by atoms with Crippen LogP contribution in [-0.2, 0) is 4.79 Å². The monoisotopic (exact) mass is 316 g/mol. The molecular weight excluding hydrogens is 288 g/mol. The lowest BCUT2D eigenvalue weighted by molar-refractivity contribution is -0.114. The molecule has 5 nitrogen and oxygen atoms in total. The average Bonchev–Trinajstić information content (AvgIpc) is 2.51. The topological polar surface area (TPSA) is 56.7 Å². The highest BCUT2D eigenvalue weighted by molar-refractivity contribution is 5.94. The first kappa shape index (κ1) is 17.3. The first-order valence-electron chi connectivity index (χ1n) is 8.46. The SMILES string of the molecule is CCNC(=NCC(=O)Nc1ccccc1)N1CC(C)CC(C)C1. The van der Waals surface area contributed by atoms with Crippen LogP contribution in [0.25, 0.3) is 0 Å². The molecule has 0 aromatic heterocycles. The number of benzene rings is 1. The van der Waals surface area contributed by atoms with Crippen LogP contribution >= 0.6 is 0 Å². The fourth-order valence-electron chi connectivity index (χ4n) is 3.13. The summed E-state index contributed by atoms with van der Waals surface area (Å²) in [5.74, 6) is 2.06. The van der Waals surface area contributed by atoms with Gasteiger partial charge in [-0.3, -0.25) is 4.79 Å². The second kappa shape index (κ2) is 8.56. The minimum atomic E-state index is -0.0929. The number of nitrogens with one attached hydrogen (secondary N) is 2. The van der Waals surface area contributed by atoms with Gasteiger partial charge in [0.25, 0.3) is 0 Å². The molecule has 0 bridgehead atoms. The number of hydrogen-bond acceptors (Lipinski definition) is 2. The highest BCUT2D eigenvalue weighted by Crippen LogP contribution is 2.20.